The molecule has 0 spiro atoms. The van der Waals surface area contributed by atoms with Crippen LogP contribution in [0.3, 0.4) is 0 Å². The van der Waals surface area contributed by atoms with Crippen LogP contribution in [0.5, 0.6) is 0 Å². The second-order valence-electron chi connectivity index (χ2n) is 7.90. The third kappa shape index (κ3) is 4.52. The van der Waals surface area contributed by atoms with Gasteiger partial charge in [0.2, 0.25) is 5.78 Å². The monoisotopic (exact) mass is 344 g/mol. The van der Waals surface area contributed by atoms with Gasteiger partial charge in [0.25, 0.3) is 0 Å². The van der Waals surface area contributed by atoms with Crippen molar-refractivity contribution < 1.29 is 19.8 Å². The Morgan fingerprint density at radius 2 is 1.92 bits per heavy atom. The number of hydrogen-bond donors (Lipinski definition) is 2. The molecule has 3 rings (SSSR count). The molecule has 136 valence electrons. The Balaban J connectivity index is 1.55. The van der Waals surface area contributed by atoms with Crippen LogP contribution in [0, 0.1) is 35.5 Å². The lowest BCUT2D eigenvalue weighted by Gasteiger charge is -2.48. The molecule has 3 fully saturated rings. The highest BCUT2D eigenvalue weighted by molar-refractivity contribution is 5.95. The van der Waals surface area contributed by atoms with Crippen LogP contribution in [-0.2, 0) is 9.59 Å². The number of aliphatic carboxylic acids is 1. The highest BCUT2D eigenvalue weighted by atomic mass is 16.4. The minimum atomic E-state index is -0.767. The van der Waals surface area contributed by atoms with Gasteiger partial charge in [-0.05, 0) is 62.2 Å². The highest BCUT2D eigenvalue weighted by Crippen LogP contribution is 2.51. The van der Waals surface area contributed by atoms with E-state index in [1.165, 1.54) is 18.4 Å². The summed E-state index contributed by atoms with van der Waals surface area (Å²) >= 11 is 0. The predicted octanol–water partition coefficient (Wildman–Crippen LogP) is 3.34. The lowest BCUT2D eigenvalue weighted by Crippen LogP contribution is -2.44. The van der Waals surface area contributed by atoms with Crippen molar-refractivity contribution in [3.8, 4) is 11.8 Å². The van der Waals surface area contributed by atoms with Gasteiger partial charge in [-0.1, -0.05) is 30.4 Å². The summed E-state index contributed by atoms with van der Waals surface area (Å²) in [7, 11) is 0. The molecule has 0 bridgehead atoms. The van der Waals surface area contributed by atoms with Crippen molar-refractivity contribution >= 4 is 11.8 Å². The number of fused-ring (bicyclic) bond motifs is 1. The molecule has 0 radical (unpaired) electrons. The number of aliphatic hydroxyl groups excluding tert-OH is 1. The van der Waals surface area contributed by atoms with Crippen LogP contribution in [0.15, 0.2) is 11.6 Å². The zero-order valence-corrected chi connectivity index (χ0v) is 14.7. The number of carbonyl (C=O) groups excluding carboxylic acids is 1. The van der Waals surface area contributed by atoms with Crippen LogP contribution < -0.4 is 0 Å². The van der Waals surface area contributed by atoms with Crippen LogP contribution in [-0.4, -0.2) is 28.1 Å². The van der Waals surface area contributed by atoms with Crippen LogP contribution in [0.25, 0.3) is 0 Å². The minimum Gasteiger partial charge on any atom is -0.481 e. The molecule has 4 heteroatoms. The maximum Gasteiger partial charge on any atom is 0.303 e. The Kier molecular flexibility index (Phi) is 5.96. The molecule has 3 aliphatic rings. The van der Waals surface area contributed by atoms with E-state index in [0.29, 0.717) is 37.0 Å². The summed E-state index contributed by atoms with van der Waals surface area (Å²) in [6.45, 7) is 0. The van der Waals surface area contributed by atoms with Gasteiger partial charge in [0.1, 0.15) is 0 Å². The highest BCUT2D eigenvalue weighted by Gasteiger charge is 2.46. The summed E-state index contributed by atoms with van der Waals surface area (Å²) < 4.78 is 0. The molecule has 0 aromatic rings. The largest absolute Gasteiger partial charge is 0.481 e. The molecule has 0 saturated heterocycles. The molecule has 2 N–H and O–H groups in total. The SMILES string of the molecule is O=C(O)CCC=C1CC2C1CCC(O)C2C#CC(=O)CC1CCCC1. The number of Topliss-reactive ketones (excluding diaryl/α,β-unsaturated/α-hetero) is 1. The van der Waals surface area contributed by atoms with Crippen molar-refractivity contribution in [3.05, 3.63) is 11.6 Å². The Labute approximate surface area is 149 Å². The van der Waals surface area contributed by atoms with Crippen molar-refractivity contribution in [2.24, 2.45) is 23.7 Å². The Hall–Kier alpha value is -1.60. The maximum atomic E-state index is 12.1. The van der Waals surface area contributed by atoms with Crippen molar-refractivity contribution in [1.29, 1.82) is 0 Å². The van der Waals surface area contributed by atoms with E-state index in [4.69, 9.17) is 5.11 Å². The lowest BCUT2D eigenvalue weighted by molar-refractivity contribution is -0.136. The smallest absolute Gasteiger partial charge is 0.303 e. The first kappa shape index (κ1) is 18.2. The normalized spacial score (nSPS) is 33.2. The molecule has 25 heavy (non-hydrogen) atoms. The molecule has 0 heterocycles. The summed E-state index contributed by atoms with van der Waals surface area (Å²) in [6, 6.07) is 0. The summed E-state index contributed by atoms with van der Waals surface area (Å²) in [5, 5.41) is 19.0. The van der Waals surface area contributed by atoms with E-state index in [0.717, 1.165) is 25.7 Å². The average Bonchev–Trinajstić information content (AvgIpc) is 3.04. The molecule has 4 nitrogen and oxygen atoms in total. The number of carboxylic acids is 1. The number of ketones is 1. The van der Waals surface area contributed by atoms with Gasteiger partial charge in [0.05, 0.1) is 12.0 Å². The van der Waals surface area contributed by atoms with Gasteiger partial charge in [0, 0.05) is 12.8 Å². The zero-order chi connectivity index (χ0) is 17.8. The molecule has 3 saturated carbocycles. The van der Waals surface area contributed by atoms with Crippen molar-refractivity contribution in [2.75, 3.05) is 0 Å². The molecule has 0 amide bonds. The summed E-state index contributed by atoms with van der Waals surface area (Å²) in [6.07, 6.45) is 10.2. The minimum absolute atomic E-state index is 0.0257. The molecule has 0 aliphatic heterocycles. The molecule has 4 atom stereocenters. The summed E-state index contributed by atoms with van der Waals surface area (Å²) in [5.74, 6) is 6.33. The van der Waals surface area contributed by atoms with E-state index >= 15 is 0 Å². The fraction of sp³-hybridized carbons (Fsp3) is 0.714. The number of rotatable bonds is 5. The topological polar surface area (TPSA) is 74.6 Å². The first-order valence-electron chi connectivity index (χ1n) is 9.67. The van der Waals surface area contributed by atoms with Crippen LogP contribution in [0.4, 0.5) is 0 Å². The first-order valence-corrected chi connectivity index (χ1v) is 9.67. The average molecular weight is 344 g/mol. The second kappa shape index (κ2) is 8.19. The predicted molar refractivity (Wildman–Crippen MR) is 94.6 cm³/mol. The molecule has 4 unspecified atom stereocenters. The third-order valence-corrected chi connectivity index (χ3v) is 6.21. The van der Waals surface area contributed by atoms with Crippen molar-refractivity contribution in [1.82, 2.24) is 0 Å². The maximum absolute atomic E-state index is 12.1. The van der Waals surface area contributed by atoms with E-state index in [-0.39, 0.29) is 18.1 Å². The number of carbonyl (C=O) groups is 2. The van der Waals surface area contributed by atoms with E-state index in [1.54, 1.807) is 0 Å². The van der Waals surface area contributed by atoms with Crippen molar-refractivity contribution in [2.45, 2.75) is 70.3 Å². The lowest BCUT2D eigenvalue weighted by atomic mass is 9.57. The van der Waals surface area contributed by atoms with Crippen LogP contribution in [0.1, 0.15) is 64.2 Å². The summed E-state index contributed by atoms with van der Waals surface area (Å²) in [4.78, 5) is 22.7. The second-order valence-corrected chi connectivity index (χ2v) is 7.90. The third-order valence-electron chi connectivity index (χ3n) is 6.21. The fourth-order valence-corrected chi connectivity index (χ4v) is 4.78. The molecular formula is C21H28O4. The summed E-state index contributed by atoms with van der Waals surface area (Å²) in [5.41, 5.74) is 1.32. The first-order chi connectivity index (χ1) is 12.0. The zero-order valence-electron chi connectivity index (χ0n) is 14.7. The standard InChI is InChI=1S/C21H28O4/c22-16(12-14-4-1-2-5-14)8-9-18-19-13-15(6-3-7-21(24)25)17(19)10-11-20(18)23/h6,14,17-20,23H,1-5,7,10-13H2,(H,24,25). The molecule has 0 aromatic carbocycles. The van der Waals surface area contributed by atoms with Crippen LogP contribution in [0.2, 0.25) is 0 Å². The number of allylic oxidation sites excluding steroid dienone is 2. The quantitative estimate of drug-likeness (QED) is 0.456. The number of aliphatic hydroxyl groups is 1. The molecular weight excluding hydrogens is 316 g/mol. The van der Waals surface area contributed by atoms with Gasteiger partial charge >= 0.3 is 5.97 Å². The van der Waals surface area contributed by atoms with E-state index in [1.807, 2.05) is 0 Å². The fourth-order valence-electron chi connectivity index (χ4n) is 4.78. The van der Waals surface area contributed by atoms with E-state index < -0.39 is 12.1 Å². The Morgan fingerprint density at radius 1 is 1.16 bits per heavy atom. The van der Waals surface area contributed by atoms with Gasteiger partial charge in [0.15, 0.2) is 0 Å². The van der Waals surface area contributed by atoms with Gasteiger partial charge in [-0.2, -0.15) is 0 Å². The van der Waals surface area contributed by atoms with Crippen LogP contribution >= 0.6 is 0 Å². The Morgan fingerprint density at radius 3 is 2.64 bits per heavy atom. The van der Waals surface area contributed by atoms with Gasteiger partial charge in [-0.25, -0.2) is 0 Å². The molecule has 0 aromatic heterocycles. The number of carboxylic acid groups (broad SMARTS) is 1. The van der Waals surface area contributed by atoms with Crippen molar-refractivity contribution in [3.63, 3.8) is 0 Å². The van der Waals surface area contributed by atoms with Gasteiger partial charge in [-0.3, -0.25) is 9.59 Å². The number of hydrogen-bond acceptors (Lipinski definition) is 3. The van der Waals surface area contributed by atoms with Gasteiger partial charge < -0.3 is 10.2 Å². The van der Waals surface area contributed by atoms with Gasteiger partial charge in [-0.15, -0.1) is 0 Å². The van der Waals surface area contributed by atoms with E-state index in [2.05, 4.69) is 17.9 Å². The Bertz CT molecular complexity index is 603. The molecule has 3 aliphatic carbocycles. The van der Waals surface area contributed by atoms with E-state index in [9.17, 15) is 14.7 Å².